The summed E-state index contributed by atoms with van der Waals surface area (Å²) in [4.78, 5) is 12.3. The number of nitriles is 1. The number of carbonyl (C=O) groups excluding carboxylic acids is 1. The lowest BCUT2D eigenvalue weighted by molar-refractivity contribution is -0.117. The zero-order valence-corrected chi connectivity index (χ0v) is 20.3. The first-order chi connectivity index (χ1) is 16.2. The highest BCUT2D eigenvalue weighted by Gasteiger charge is 2.26. The molecule has 9 heteroatoms. The van der Waals surface area contributed by atoms with E-state index in [1.165, 1.54) is 34.6 Å². The van der Waals surface area contributed by atoms with E-state index in [4.69, 9.17) is 16.0 Å². The average molecular weight is 498 g/mol. The molecule has 0 spiro atoms. The van der Waals surface area contributed by atoms with Crippen molar-refractivity contribution in [3.63, 3.8) is 0 Å². The van der Waals surface area contributed by atoms with Gasteiger partial charge in [0, 0.05) is 23.7 Å². The molecular formula is C25H24ClN3O4S. The topological polar surface area (TPSA) is 103 Å². The van der Waals surface area contributed by atoms with Gasteiger partial charge in [-0.1, -0.05) is 41.9 Å². The van der Waals surface area contributed by atoms with Gasteiger partial charge in [0.15, 0.2) is 0 Å². The van der Waals surface area contributed by atoms with Crippen LogP contribution in [0.15, 0.2) is 81.6 Å². The third-order valence-electron chi connectivity index (χ3n) is 4.74. The maximum Gasteiger partial charge on any atom is 0.262 e. The summed E-state index contributed by atoms with van der Waals surface area (Å²) in [5.41, 5.74) is 0.702. The van der Waals surface area contributed by atoms with Crippen LogP contribution in [0.25, 0.3) is 6.08 Å². The fourth-order valence-corrected chi connectivity index (χ4v) is 4.65. The summed E-state index contributed by atoms with van der Waals surface area (Å²) >= 11 is 5.93. The lowest BCUT2D eigenvalue weighted by Gasteiger charge is -2.21. The molecule has 1 amide bonds. The summed E-state index contributed by atoms with van der Waals surface area (Å²) in [5.74, 6) is 0.127. The van der Waals surface area contributed by atoms with Crippen molar-refractivity contribution in [2.75, 3.05) is 0 Å². The van der Waals surface area contributed by atoms with Gasteiger partial charge in [-0.3, -0.25) is 4.79 Å². The number of sulfonamides is 1. The Hall–Kier alpha value is -3.38. The molecule has 0 unspecified atom stereocenters. The van der Waals surface area contributed by atoms with Crippen molar-refractivity contribution in [2.24, 2.45) is 0 Å². The molecule has 176 valence electrons. The second-order valence-electron chi connectivity index (χ2n) is 7.81. The summed E-state index contributed by atoms with van der Waals surface area (Å²) in [6.07, 6.45) is 1.33. The van der Waals surface area contributed by atoms with E-state index < -0.39 is 15.9 Å². The minimum Gasteiger partial charge on any atom is -0.460 e. The Morgan fingerprint density at radius 2 is 1.76 bits per heavy atom. The Labute approximate surface area is 204 Å². The Morgan fingerprint density at radius 1 is 1.09 bits per heavy atom. The molecule has 0 saturated carbocycles. The van der Waals surface area contributed by atoms with Crippen LogP contribution in [0.2, 0.25) is 5.02 Å². The number of hydrogen-bond donors (Lipinski definition) is 1. The predicted octanol–water partition coefficient (Wildman–Crippen LogP) is 4.76. The molecule has 0 bridgehead atoms. The molecular weight excluding hydrogens is 474 g/mol. The second kappa shape index (κ2) is 11.2. The Balaban J connectivity index is 1.89. The van der Waals surface area contributed by atoms with E-state index >= 15 is 0 Å². The van der Waals surface area contributed by atoms with Gasteiger partial charge in [-0.15, -0.1) is 0 Å². The molecule has 3 rings (SSSR count). The summed E-state index contributed by atoms with van der Waals surface area (Å²) in [6.45, 7) is 3.66. The summed E-state index contributed by atoms with van der Waals surface area (Å²) < 4.78 is 33.9. The Morgan fingerprint density at radius 3 is 2.38 bits per heavy atom. The molecule has 0 aliphatic heterocycles. The standard InChI is InChI=1S/C25H24ClN3O4S/c1-18(2)28-25(30)20(15-27)14-22-10-11-23(33-22)17-29(16-19-6-4-3-5-7-19)34(31,32)24-12-8-21(26)9-13-24/h3-14,18H,16-17H2,1-2H3,(H,28,30)/b20-14-. The third kappa shape index (κ3) is 6.58. The first-order valence-corrected chi connectivity index (χ1v) is 12.3. The number of rotatable bonds is 9. The molecule has 1 N–H and O–H groups in total. The van der Waals surface area contributed by atoms with Crippen LogP contribution < -0.4 is 5.32 Å². The SMILES string of the molecule is CC(C)NC(=O)/C(C#N)=C\c1ccc(CN(Cc2ccccc2)S(=O)(=O)c2ccc(Cl)cc2)o1. The van der Waals surface area contributed by atoms with Crippen molar-refractivity contribution in [1.29, 1.82) is 5.26 Å². The summed E-state index contributed by atoms with van der Waals surface area (Å²) in [6, 6.07) is 20.1. The first kappa shape index (κ1) is 25.2. The van der Waals surface area contributed by atoms with Crippen LogP contribution in [0.1, 0.15) is 30.9 Å². The third-order valence-corrected chi connectivity index (χ3v) is 6.80. The van der Waals surface area contributed by atoms with Crippen molar-refractivity contribution in [3.05, 3.63) is 94.4 Å². The molecule has 2 aromatic carbocycles. The number of amides is 1. The molecule has 1 heterocycles. The lowest BCUT2D eigenvalue weighted by Crippen LogP contribution is -2.30. The van der Waals surface area contributed by atoms with Crippen molar-refractivity contribution in [2.45, 2.75) is 37.9 Å². The number of nitrogens with zero attached hydrogens (tertiary/aromatic N) is 2. The monoisotopic (exact) mass is 497 g/mol. The van der Waals surface area contributed by atoms with Gasteiger partial charge in [0.05, 0.1) is 11.4 Å². The molecule has 7 nitrogen and oxygen atoms in total. The number of hydrogen-bond acceptors (Lipinski definition) is 5. The number of benzene rings is 2. The summed E-state index contributed by atoms with van der Waals surface area (Å²) in [7, 11) is -3.88. The van der Waals surface area contributed by atoms with E-state index in [1.54, 1.807) is 26.0 Å². The Kier molecular flexibility index (Phi) is 8.29. The molecule has 0 fully saturated rings. The maximum absolute atomic E-state index is 13.4. The number of halogens is 1. The van der Waals surface area contributed by atoms with Crippen LogP contribution in [0.5, 0.6) is 0 Å². The minimum atomic E-state index is -3.88. The van der Waals surface area contributed by atoms with Crippen LogP contribution in [0.4, 0.5) is 0 Å². The van der Waals surface area contributed by atoms with Crippen LogP contribution in [0, 0.1) is 11.3 Å². The molecule has 3 aromatic rings. The smallest absolute Gasteiger partial charge is 0.262 e. The Bertz CT molecular complexity index is 1310. The second-order valence-corrected chi connectivity index (χ2v) is 10.2. The van der Waals surface area contributed by atoms with E-state index in [0.29, 0.717) is 10.8 Å². The molecule has 34 heavy (non-hydrogen) atoms. The van der Waals surface area contributed by atoms with Gasteiger partial charge in [-0.2, -0.15) is 9.57 Å². The zero-order chi connectivity index (χ0) is 24.7. The van der Waals surface area contributed by atoms with Gasteiger partial charge in [-0.05, 0) is 55.8 Å². The first-order valence-electron chi connectivity index (χ1n) is 10.5. The van der Waals surface area contributed by atoms with Gasteiger partial charge in [0.25, 0.3) is 5.91 Å². The van der Waals surface area contributed by atoms with Gasteiger partial charge in [0.1, 0.15) is 23.2 Å². The summed E-state index contributed by atoms with van der Waals surface area (Å²) in [5, 5.41) is 12.4. The highest BCUT2D eigenvalue weighted by atomic mass is 35.5. The number of carbonyl (C=O) groups is 1. The fourth-order valence-electron chi connectivity index (χ4n) is 3.13. The normalized spacial score (nSPS) is 12.1. The van der Waals surface area contributed by atoms with Gasteiger partial charge in [-0.25, -0.2) is 8.42 Å². The van der Waals surface area contributed by atoms with E-state index in [9.17, 15) is 18.5 Å². The van der Waals surface area contributed by atoms with Crippen LogP contribution in [-0.2, 0) is 27.9 Å². The highest BCUT2D eigenvalue weighted by Crippen LogP contribution is 2.24. The lowest BCUT2D eigenvalue weighted by atomic mass is 10.2. The van der Waals surface area contributed by atoms with E-state index in [0.717, 1.165) is 5.56 Å². The maximum atomic E-state index is 13.4. The molecule has 0 radical (unpaired) electrons. The van der Waals surface area contributed by atoms with Crippen molar-refractivity contribution >= 4 is 33.6 Å². The molecule has 1 aromatic heterocycles. The van der Waals surface area contributed by atoms with E-state index in [2.05, 4.69) is 5.32 Å². The minimum absolute atomic E-state index is 0.0478. The van der Waals surface area contributed by atoms with Crippen molar-refractivity contribution in [3.8, 4) is 6.07 Å². The quantitative estimate of drug-likeness (QED) is 0.339. The van der Waals surface area contributed by atoms with Crippen LogP contribution in [0.3, 0.4) is 0 Å². The average Bonchev–Trinajstić information content (AvgIpc) is 3.24. The zero-order valence-electron chi connectivity index (χ0n) is 18.7. The van der Waals surface area contributed by atoms with Gasteiger partial charge in [0.2, 0.25) is 10.0 Å². The number of nitrogens with one attached hydrogen (secondary N) is 1. The van der Waals surface area contributed by atoms with E-state index in [1.807, 2.05) is 36.4 Å². The van der Waals surface area contributed by atoms with E-state index in [-0.39, 0.29) is 35.4 Å². The van der Waals surface area contributed by atoms with Crippen molar-refractivity contribution < 1.29 is 17.6 Å². The van der Waals surface area contributed by atoms with Crippen LogP contribution in [-0.4, -0.2) is 24.7 Å². The molecule has 0 aliphatic carbocycles. The molecule has 0 atom stereocenters. The molecule has 0 aliphatic rings. The largest absolute Gasteiger partial charge is 0.460 e. The van der Waals surface area contributed by atoms with Crippen LogP contribution >= 0.6 is 11.6 Å². The van der Waals surface area contributed by atoms with Gasteiger partial charge < -0.3 is 9.73 Å². The van der Waals surface area contributed by atoms with Gasteiger partial charge >= 0.3 is 0 Å². The predicted molar refractivity (Wildman–Crippen MR) is 130 cm³/mol. The highest BCUT2D eigenvalue weighted by molar-refractivity contribution is 7.89. The number of furan rings is 1. The molecule has 0 saturated heterocycles. The van der Waals surface area contributed by atoms with Crippen molar-refractivity contribution in [1.82, 2.24) is 9.62 Å². The fraction of sp³-hybridized carbons (Fsp3) is 0.200.